The molecular weight excluding hydrogens is 553 g/mol. The van der Waals surface area contributed by atoms with E-state index in [0.29, 0.717) is 11.2 Å². The van der Waals surface area contributed by atoms with Gasteiger partial charge in [0.25, 0.3) is 6.43 Å². The number of aromatic nitrogens is 3. The zero-order chi connectivity index (χ0) is 25.3. The van der Waals surface area contributed by atoms with Gasteiger partial charge in [0.15, 0.2) is 5.54 Å². The van der Waals surface area contributed by atoms with Crippen molar-refractivity contribution in [1.82, 2.24) is 15.0 Å². The van der Waals surface area contributed by atoms with Crippen LogP contribution in [0.1, 0.15) is 12.8 Å². The normalized spacial score (nSPS) is 19.2. The number of halogens is 2. The summed E-state index contributed by atoms with van der Waals surface area (Å²) in [5.74, 6) is -0.127. The third kappa shape index (κ3) is 8.10. The van der Waals surface area contributed by atoms with Crippen LogP contribution in [0, 0.1) is 0 Å². The summed E-state index contributed by atoms with van der Waals surface area (Å²) in [5, 5.41) is 21.1. The van der Waals surface area contributed by atoms with Crippen LogP contribution in [0.4, 0.5) is 32.3 Å². The van der Waals surface area contributed by atoms with Crippen molar-refractivity contribution < 1.29 is 23.8 Å². The molecule has 1 saturated heterocycles. The standard InChI is InChI=1S/C12H15AsN6OS2.C6H12F2N2O2/c14-10-17-11(15)19-12(18-10)16-8-3-1-7(2-4-8)13-21-6-9(5-20)22-13;7-4(8)6(10,5(11)12)2-1-3-9/h1-4,9,20H,5-6H2,(H5,14,15,16,17,18,19);4H,1-3,9-10H2,(H,11,12). The fraction of sp³-hybridized carbons (Fsp3) is 0.444. The van der Waals surface area contributed by atoms with Crippen LogP contribution in [-0.2, 0) is 4.79 Å². The second-order valence-corrected chi connectivity index (χ2v) is 18.6. The molecule has 34 heavy (non-hydrogen) atoms. The van der Waals surface area contributed by atoms with Gasteiger partial charge < -0.3 is 16.6 Å². The minimum atomic E-state index is -3.07. The molecule has 188 valence electrons. The molecule has 0 bridgehead atoms. The van der Waals surface area contributed by atoms with Crippen LogP contribution in [0.2, 0.25) is 0 Å². The summed E-state index contributed by atoms with van der Waals surface area (Å²) in [6.45, 7) is 0.420. The summed E-state index contributed by atoms with van der Waals surface area (Å²) in [6.07, 6.45) is -3.20. The number of rotatable bonds is 9. The molecule has 3 atom stereocenters. The number of nitrogens with zero attached hydrogens (tertiary/aromatic N) is 3. The van der Waals surface area contributed by atoms with Gasteiger partial charge in [0.1, 0.15) is 0 Å². The van der Waals surface area contributed by atoms with Crippen molar-refractivity contribution in [2.75, 3.05) is 35.7 Å². The Balaban J connectivity index is 0.000000292. The molecule has 0 spiro atoms. The van der Waals surface area contributed by atoms with Crippen molar-refractivity contribution >= 4 is 66.2 Å². The average Bonchev–Trinajstić information content (AvgIpc) is 3.27. The Morgan fingerprint density at radius 2 is 1.85 bits per heavy atom. The number of carboxylic acids is 1. The molecule has 1 fully saturated rings. The summed E-state index contributed by atoms with van der Waals surface area (Å²) in [4.78, 5) is 22.0. The average molecular weight is 581 g/mol. The second kappa shape index (κ2) is 13.3. The Hall–Kier alpha value is -1.90. The van der Waals surface area contributed by atoms with Crippen LogP contribution in [-0.4, -0.2) is 79.6 Å². The van der Waals surface area contributed by atoms with Gasteiger partial charge in [0, 0.05) is 0 Å². The second-order valence-electron chi connectivity index (χ2n) is 7.05. The molecule has 16 heteroatoms. The molecule has 1 aromatic heterocycles. The van der Waals surface area contributed by atoms with E-state index in [4.69, 9.17) is 28.0 Å². The first-order chi connectivity index (χ1) is 16.1. The summed E-state index contributed by atoms with van der Waals surface area (Å²) in [7, 11) is 3.95. The van der Waals surface area contributed by atoms with Gasteiger partial charge >= 0.3 is 145 Å². The van der Waals surface area contributed by atoms with Gasteiger partial charge in [0.05, 0.1) is 0 Å². The number of aliphatic carboxylic acids is 1. The number of aliphatic hydroxyl groups excluding tert-OH is 1. The van der Waals surface area contributed by atoms with E-state index in [1.54, 1.807) is 0 Å². The Labute approximate surface area is 206 Å². The van der Waals surface area contributed by atoms with E-state index < -0.39 is 30.3 Å². The Morgan fingerprint density at radius 1 is 1.24 bits per heavy atom. The fourth-order valence-electron chi connectivity index (χ4n) is 2.53. The zero-order valence-corrected chi connectivity index (χ0v) is 21.5. The Morgan fingerprint density at radius 3 is 2.32 bits per heavy atom. The molecule has 1 aromatic carbocycles. The van der Waals surface area contributed by atoms with Gasteiger partial charge in [-0.2, -0.15) is 0 Å². The van der Waals surface area contributed by atoms with Crippen molar-refractivity contribution in [2.24, 2.45) is 11.5 Å². The number of alkyl halides is 2. The van der Waals surface area contributed by atoms with Crippen molar-refractivity contribution in [3.8, 4) is 0 Å². The Kier molecular flexibility index (Phi) is 11.0. The van der Waals surface area contributed by atoms with Crippen LogP contribution in [0.25, 0.3) is 0 Å². The third-order valence-electron chi connectivity index (χ3n) is 4.41. The van der Waals surface area contributed by atoms with E-state index in [0.717, 1.165) is 11.4 Å². The van der Waals surface area contributed by atoms with Gasteiger partial charge in [-0.1, -0.05) is 0 Å². The molecule has 11 N–H and O–H groups in total. The summed E-state index contributed by atoms with van der Waals surface area (Å²) in [6, 6.07) is 8.23. The van der Waals surface area contributed by atoms with Crippen LogP contribution >= 0.6 is 20.0 Å². The monoisotopic (exact) mass is 580 g/mol. The first kappa shape index (κ1) is 28.3. The van der Waals surface area contributed by atoms with Crippen molar-refractivity contribution in [3.63, 3.8) is 0 Å². The van der Waals surface area contributed by atoms with Crippen LogP contribution < -0.4 is 32.6 Å². The third-order valence-corrected chi connectivity index (χ3v) is 18.4. The molecule has 0 saturated carbocycles. The maximum atomic E-state index is 12.1. The van der Waals surface area contributed by atoms with Crippen LogP contribution in [0.5, 0.6) is 0 Å². The van der Waals surface area contributed by atoms with Crippen LogP contribution in [0.3, 0.4) is 0 Å². The first-order valence-electron chi connectivity index (χ1n) is 9.94. The molecule has 1 aliphatic rings. The molecule has 11 nitrogen and oxygen atoms in total. The molecule has 3 unspecified atom stereocenters. The number of benzene rings is 1. The minimum absolute atomic E-state index is 0.0909. The Bertz CT molecular complexity index is 930. The van der Waals surface area contributed by atoms with E-state index in [9.17, 15) is 18.7 Å². The SMILES string of the molecule is NCCCC(N)(C(=O)O)C(F)F.Nc1nc(N)nc(Nc2ccc([As]3SCC(CO)S3)cc2)n1. The van der Waals surface area contributed by atoms with Gasteiger partial charge in [-0.3, -0.25) is 0 Å². The van der Waals surface area contributed by atoms with Gasteiger partial charge in [-0.25, -0.2) is 13.6 Å². The molecule has 1 aliphatic heterocycles. The number of nitrogens with one attached hydrogen (secondary N) is 1. The zero-order valence-electron chi connectivity index (χ0n) is 18.0. The quantitative estimate of drug-likeness (QED) is 0.196. The molecule has 2 aromatic rings. The summed E-state index contributed by atoms with van der Waals surface area (Å²) >= 11 is -1.14. The maximum absolute atomic E-state index is 12.1. The number of anilines is 4. The molecule has 2 heterocycles. The number of hydrogen-bond acceptors (Lipinski definition) is 12. The molecule has 0 amide bonds. The van der Waals surface area contributed by atoms with E-state index >= 15 is 0 Å². The van der Waals surface area contributed by atoms with E-state index in [1.807, 2.05) is 32.2 Å². The first-order valence-corrected chi connectivity index (χ1v) is 17.3. The topological polar surface area (TPSA) is 212 Å². The number of nitrogens with two attached hydrogens (primary N) is 4. The summed E-state index contributed by atoms with van der Waals surface area (Å²) < 4.78 is 25.6. The molecule has 0 aliphatic carbocycles. The van der Waals surface area contributed by atoms with E-state index in [2.05, 4.69) is 32.4 Å². The number of carboxylic acid groups (broad SMARTS) is 1. The van der Waals surface area contributed by atoms with Crippen LogP contribution in [0.15, 0.2) is 24.3 Å². The van der Waals surface area contributed by atoms with Gasteiger partial charge in [-0.05, 0) is 19.4 Å². The van der Waals surface area contributed by atoms with E-state index in [1.165, 1.54) is 4.35 Å². The van der Waals surface area contributed by atoms with Crippen molar-refractivity contribution in [2.45, 2.75) is 30.1 Å². The number of carbonyl (C=O) groups is 1. The number of aliphatic hydroxyl groups is 1. The predicted octanol–water partition coefficient (Wildman–Crippen LogP) is 0.0882. The fourth-order valence-corrected chi connectivity index (χ4v) is 17.9. The molecule has 3 rings (SSSR count). The van der Waals surface area contributed by atoms with Gasteiger partial charge in [0.2, 0.25) is 0 Å². The van der Waals surface area contributed by atoms with E-state index in [-0.39, 0.29) is 37.9 Å². The summed E-state index contributed by atoms with van der Waals surface area (Å²) in [5.41, 5.74) is 19.5. The number of hydrogen-bond donors (Lipinski definition) is 7. The number of nitrogen functional groups attached to an aromatic ring is 2. The molecular formula is C18H27AsF2N8O3S2. The molecule has 0 radical (unpaired) electrons. The predicted molar refractivity (Wildman–Crippen MR) is 134 cm³/mol. The van der Waals surface area contributed by atoms with Crippen molar-refractivity contribution in [1.29, 1.82) is 0 Å². The van der Waals surface area contributed by atoms with Crippen molar-refractivity contribution in [3.05, 3.63) is 24.3 Å². The van der Waals surface area contributed by atoms with Gasteiger partial charge in [-0.15, -0.1) is 0 Å².